The van der Waals surface area contributed by atoms with Crippen molar-refractivity contribution in [2.75, 3.05) is 59.3 Å². The van der Waals surface area contributed by atoms with Gasteiger partial charge in [-0.05, 0) is 5.53 Å². The quantitative estimate of drug-likeness (QED) is 0.143. The maximum Gasteiger partial charge on any atom is 0.248 e. The third-order valence-corrected chi connectivity index (χ3v) is 1.93. The number of rotatable bonds is 14. The average Bonchev–Trinajstić information content (AvgIpc) is 2.44. The van der Waals surface area contributed by atoms with E-state index < -0.39 is 0 Å². The summed E-state index contributed by atoms with van der Waals surface area (Å²) in [6, 6.07) is 0. The summed E-state index contributed by atoms with van der Waals surface area (Å²) in [5.41, 5.74) is 8.01. The van der Waals surface area contributed by atoms with Crippen molar-refractivity contribution in [3.8, 4) is 0 Å². The molecule has 0 aliphatic carbocycles. The topological polar surface area (TPSA) is 141 Å². The minimum Gasteiger partial charge on any atom is -0.379 e. The molecule has 0 spiro atoms. The smallest absolute Gasteiger partial charge is 0.248 e. The molecule has 0 aliphatic heterocycles. The number of azide groups is 1. The molecule has 0 saturated carbocycles. The van der Waals surface area contributed by atoms with E-state index in [0.717, 1.165) is 0 Å². The number of hydrogen-bond acceptors (Lipinski definition) is 7. The molecule has 0 aromatic carbocycles. The van der Waals surface area contributed by atoms with Gasteiger partial charge >= 0.3 is 0 Å². The monoisotopic (exact) mass is 291 g/mol. The van der Waals surface area contributed by atoms with Gasteiger partial charge in [0, 0.05) is 18.0 Å². The van der Waals surface area contributed by atoms with E-state index >= 15 is 0 Å². The van der Waals surface area contributed by atoms with Crippen LogP contribution >= 0.6 is 0 Å². The highest BCUT2D eigenvalue weighted by Crippen LogP contribution is 1.82. The van der Waals surface area contributed by atoms with Gasteiger partial charge < -0.3 is 19.5 Å². The Labute approximate surface area is 117 Å². The second-order valence-electron chi connectivity index (χ2n) is 3.45. The van der Waals surface area contributed by atoms with Gasteiger partial charge in [0.05, 0.1) is 39.6 Å². The van der Waals surface area contributed by atoms with E-state index in [4.69, 9.17) is 25.6 Å². The normalized spacial score (nSPS) is 10.1. The van der Waals surface area contributed by atoms with Crippen molar-refractivity contribution < 1.29 is 23.8 Å². The minimum atomic E-state index is -0.287. The molecule has 0 saturated heterocycles. The third kappa shape index (κ3) is 14.6. The average molecular weight is 291 g/mol. The maximum atomic E-state index is 10.9. The molecule has 0 rings (SSSR count). The third-order valence-electron chi connectivity index (χ3n) is 1.93. The van der Waals surface area contributed by atoms with E-state index in [1.165, 1.54) is 0 Å². The highest BCUT2D eigenvalue weighted by atomic mass is 16.6. The molecule has 3 N–H and O–H groups in total. The highest BCUT2D eigenvalue weighted by molar-refractivity contribution is 5.77. The van der Waals surface area contributed by atoms with Crippen molar-refractivity contribution in [2.45, 2.75) is 0 Å². The van der Waals surface area contributed by atoms with Crippen LogP contribution in [-0.2, 0) is 23.8 Å². The van der Waals surface area contributed by atoms with Gasteiger partial charge in [-0.15, -0.1) is 0 Å². The Morgan fingerprint density at radius 2 is 1.70 bits per heavy atom. The number of hydrogen-bond donors (Lipinski definition) is 2. The van der Waals surface area contributed by atoms with Gasteiger partial charge in [0.2, 0.25) is 5.91 Å². The summed E-state index contributed by atoms with van der Waals surface area (Å²) in [6.07, 6.45) is 0. The SMILES string of the molecule is [N-]=[N+]=NCCOCCOCCOCCNC(=O)CON. The molecule has 0 heterocycles. The van der Waals surface area contributed by atoms with Gasteiger partial charge in [-0.25, -0.2) is 5.90 Å². The van der Waals surface area contributed by atoms with E-state index in [-0.39, 0.29) is 12.5 Å². The molecule has 0 fully saturated rings. The molecule has 0 aromatic heterocycles. The summed E-state index contributed by atoms with van der Waals surface area (Å²) in [5, 5.41) is 5.88. The van der Waals surface area contributed by atoms with Crippen molar-refractivity contribution in [3.05, 3.63) is 10.4 Å². The minimum absolute atomic E-state index is 0.164. The van der Waals surface area contributed by atoms with Crippen LogP contribution in [0.5, 0.6) is 0 Å². The molecule has 20 heavy (non-hydrogen) atoms. The fourth-order valence-electron chi connectivity index (χ4n) is 1.08. The summed E-state index contributed by atoms with van der Waals surface area (Å²) >= 11 is 0. The molecule has 10 heteroatoms. The first-order valence-electron chi connectivity index (χ1n) is 6.13. The lowest BCUT2D eigenvalue weighted by Crippen LogP contribution is -2.31. The predicted molar refractivity (Wildman–Crippen MR) is 69.6 cm³/mol. The van der Waals surface area contributed by atoms with Gasteiger partial charge in [-0.2, -0.15) is 0 Å². The van der Waals surface area contributed by atoms with Crippen molar-refractivity contribution in [1.82, 2.24) is 5.32 Å². The molecular formula is C10H21N5O5. The van der Waals surface area contributed by atoms with Crippen molar-refractivity contribution in [1.29, 1.82) is 0 Å². The van der Waals surface area contributed by atoms with Crippen LogP contribution in [-0.4, -0.2) is 65.2 Å². The Morgan fingerprint density at radius 1 is 1.10 bits per heavy atom. The number of carbonyl (C=O) groups is 1. The van der Waals surface area contributed by atoms with E-state index in [1.807, 2.05) is 0 Å². The summed E-state index contributed by atoms with van der Waals surface area (Å²) in [6.45, 7) is 3.09. The van der Waals surface area contributed by atoms with E-state index in [2.05, 4.69) is 20.2 Å². The van der Waals surface area contributed by atoms with E-state index in [0.29, 0.717) is 52.7 Å². The number of nitrogens with two attached hydrogens (primary N) is 1. The summed E-state index contributed by atoms with van der Waals surface area (Å²) in [4.78, 5) is 17.7. The van der Waals surface area contributed by atoms with E-state index in [9.17, 15) is 4.79 Å². The van der Waals surface area contributed by atoms with Crippen molar-refractivity contribution in [3.63, 3.8) is 0 Å². The number of amides is 1. The Balaban J connectivity index is 3.06. The first kappa shape index (κ1) is 18.6. The van der Waals surface area contributed by atoms with Crippen LogP contribution in [0.15, 0.2) is 5.11 Å². The number of ether oxygens (including phenoxy) is 3. The summed E-state index contributed by atoms with van der Waals surface area (Å²) in [5.74, 6) is 4.45. The zero-order valence-electron chi connectivity index (χ0n) is 11.3. The zero-order chi connectivity index (χ0) is 14.9. The number of carbonyl (C=O) groups excluding carboxylic acids is 1. The van der Waals surface area contributed by atoms with Gasteiger partial charge in [-0.3, -0.25) is 9.63 Å². The summed E-state index contributed by atoms with van der Waals surface area (Å²) in [7, 11) is 0. The van der Waals surface area contributed by atoms with Crippen molar-refractivity contribution in [2.24, 2.45) is 11.0 Å². The molecular weight excluding hydrogens is 270 g/mol. The Kier molecular flexibility index (Phi) is 14.5. The first-order chi connectivity index (χ1) is 9.81. The van der Waals surface area contributed by atoms with Crippen LogP contribution in [0.3, 0.4) is 0 Å². The van der Waals surface area contributed by atoms with Crippen LogP contribution in [0.25, 0.3) is 10.4 Å². The van der Waals surface area contributed by atoms with Gasteiger partial charge in [0.15, 0.2) is 0 Å². The zero-order valence-corrected chi connectivity index (χ0v) is 11.3. The standard InChI is InChI=1S/C10H21N5O5/c11-15-14-2-4-18-6-8-19-7-5-17-3-1-13-10(16)9-20-12/h1-9,12H2,(H,13,16). The first-order valence-corrected chi connectivity index (χ1v) is 6.13. The van der Waals surface area contributed by atoms with Gasteiger partial charge in [0.25, 0.3) is 0 Å². The van der Waals surface area contributed by atoms with Crippen molar-refractivity contribution >= 4 is 5.91 Å². The van der Waals surface area contributed by atoms with Crippen LogP contribution in [0.2, 0.25) is 0 Å². The predicted octanol–water partition coefficient (Wildman–Crippen LogP) is -0.647. The van der Waals surface area contributed by atoms with Crippen LogP contribution in [0.1, 0.15) is 0 Å². The molecule has 116 valence electrons. The lowest BCUT2D eigenvalue weighted by Gasteiger charge is -2.07. The maximum absolute atomic E-state index is 10.9. The molecule has 0 unspecified atom stereocenters. The van der Waals surface area contributed by atoms with Crippen LogP contribution in [0, 0.1) is 0 Å². The number of nitrogens with zero attached hydrogens (tertiary/aromatic N) is 3. The van der Waals surface area contributed by atoms with Crippen LogP contribution in [0.4, 0.5) is 0 Å². The fourth-order valence-corrected chi connectivity index (χ4v) is 1.08. The molecule has 0 bridgehead atoms. The van der Waals surface area contributed by atoms with E-state index in [1.54, 1.807) is 0 Å². The lowest BCUT2D eigenvalue weighted by atomic mass is 10.6. The Morgan fingerprint density at radius 3 is 2.30 bits per heavy atom. The molecule has 1 amide bonds. The van der Waals surface area contributed by atoms with Gasteiger partial charge in [-0.1, -0.05) is 5.11 Å². The Bertz CT molecular complexity index is 285. The van der Waals surface area contributed by atoms with Gasteiger partial charge in [0.1, 0.15) is 6.61 Å². The molecule has 0 atom stereocenters. The molecule has 0 radical (unpaired) electrons. The fraction of sp³-hybridized carbons (Fsp3) is 0.900. The molecule has 0 aromatic rings. The van der Waals surface area contributed by atoms with Crippen LogP contribution < -0.4 is 11.2 Å². The lowest BCUT2D eigenvalue weighted by molar-refractivity contribution is -0.126. The number of nitrogens with one attached hydrogen (secondary N) is 1. The molecule has 10 nitrogen and oxygen atoms in total. The summed E-state index contributed by atoms with van der Waals surface area (Å²) < 4.78 is 15.6. The largest absolute Gasteiger partial charge is 0.379 e. The second-order valence-corrected chi connectivity index (χ2v) is 3.45. The Hall–Kier alpha value is -1.42. The second kappa shape index (κ2) is 15.6. The highest BCUT2D eigenvalue weighted by Gasteiger charge is 1.98. The molecule has 0 aliphatic rings.